The van der Waals surface area contributed by atoms with Gasteiger partial charge in [-0.1, -0.05) is 36.1 Å². The SMILES string of the molecule is CCN1C(=O)/C(=C/c2ccc(NC(=O)C(F)(F)F)cc2)SC1=S. The average Bonchev–Trinajstić information content (AvgIpc) is 2.74. The zero-order valence-corrected chi connectivity index (χ0v) is 13.4. The molecule has 1 aliphatic rings. The minimum absolute atomic E-state index is 0.0191. The number of carbonyl (C=O) groups is 2. The lowest BCUT2D eigenvalue weighted by atomic mass is 10.2. The van der Waals surface area contributed by atoms with Crippen LogP contribution in [0.25, 0.3) is 6.08 Å². The van der Waals surface area contributed by atoms with Crippen molar-refractivity contribution < 1.29 is 22.8 Å². The van der Waals surface area contributed by atoms with Crippen LogP contribution in [-0.2, 0) is 9.59 Å². The summed E-state index contributed by atoms with van der Waals surface area (Å²) in [5.41, 5.74) is 0.636. The molecule has 0 spiro atoms. The van der Waals surface area contributed by atoms with Crippen LogP contribution in [0, 0.1) is 0 Å². The third kappa shape index (κ3) is 4.11. The van der Waals surface area contributed by atoms with Crippen LogP contribution in [-0.4, -0.2) is 33.8 Å². The number of carbonyl (C=O) groups excluding carboxylic acids is 2. The molecule has 1 aromatic rings. The fourth-order valence-corrected chi connectivity index (χ4v) is 3.17. The van der Waals surface area contributed by atoms with E-state index in [0.29, 0.717) is 21.3 Å². The van der Waals surface area contributed by atoms with Crippen molar-refractivity contribution >= 4 is 51.9 Å². The van der Waals surface area contributed by atoms with E-state index < -0.39 is 12.1 Å². The molecular weight excluding hydrogens is 349 g/mol. The molecule has 4 nitrogen and oxygen atoms in total. The van der Waals surface area contributed by atoms with Crippen molar-refractivity contribution in [1.29, 1.82) is 0 Å². The number of amides is 2. The first-order chi connectivity index (χ1) is 10.7. The predicted molar refractivity (Wildman–Crippen MR) is 86.7 cm³/mol. The first-order valence-corrected chi connectivity index (χ1v) is 7.68. The molecule has 1 heterocycles. The van der Waals surface area contributed by atoms with Crippen LogP contribution >= 0.6 is 24.0 Å². The predicted octanol–water partition coefficient (Wildman–Crippen LogP) is 3.41. The van der Waals surface area contributed by atoms with E-state index in [9.17, 15) is 22.8 Å². The van der Waals surface area contributed by atoms with Gasteiger partial charge in [-0.15, -0.1) is 0 Å². The minimum Gasteiger partial charge on any atom is -0.318 e. The van der Waals surface area contributed by atoms with E-state index in [1.54, 1.807) is 11.4 Å². The number of nitrogens with zero attached hydrogens (tertiary/aromatic N) is 1. The molecule has 23 heavy (non-hydrogen) atoms. The van der Waals surface area contributed by atoms with Crippen LogP contribution in [0.4, 0.5) is 18.9 Å². The van der Waals surface area contributed by atoms with E-state index in [-0.39, 0.29) is 11.6 Å². The molecule has 0 aromatic heterocycles. The van der Waals surface area contributed by atoms with Crippen molar-refractivity contribution in [1.82, 2.24) is 4.90 Å². The molecule has 0 aliphatic carbocycles. The Morgan fingerprint density at radius 2 is 1.96 bits per heavy atom. The summed E-state index contributed by atoms with van der Waals surface area (Å²) in [4.78, 5) is 24.8. The maximum atomic E-state index is 12.2. The molecule has 0 atom stereocenters. The lowest BCUT2D eigenvalue weighted by Crippen LogP contribution is -2.29. The van der Waals surface area contributed by atoms with Crippen molar-refractivity contribution in [3.8, 4) is 0 Å². The largest absolute Gasteiger partial charge is 0.471 e. The molecule has 1 fully saturated rings. The smallest absolute Gasteiger partial charge is 0.318 e. The fraction of sp³-hybridized carbons (Fsp3) is 0.214. The quantitative estimate of drug-likeness (QED) is 0.663. The molecule has 1 saturated heterocycles. The average molecular weight is 360 g/mol. The van der Waals surface area contributed by atoms with Gasteiger partial charge in [-0.3, -0.25) is 14.5 Å². The summed E-state index contributed by atoms with van der Waals surface area (Å²) >= 11 is 6.26. The van der Waals surface area contributed by atoms with Gasteiger partial charge < -0.3 is 5.32 Å². The Morgan fingerprint density at radius 1 is 1.35 bits per heavy atom. The zero-order valence-electron chi connectivity index (χ0n) is 11.8. The first kappa shape index (κ1) is 17.5. The molecule has 0 saturated carbocycles. The number of benzene rings is 1. The number of thioether (sulfide) groups is 1. The molecule has 0 unspecified atom stereocenters. The summed E-state index contributed by atoms with van der Waals surface area (Å²) in [6.07, 6.45) is -3.34. The van der Waals surface area contributed by atoms with E-state index >= 15 is 0 Å². The molecule has 2 amide bonds. The molecule has 1 N–H and O–H groups in total. The lowest BCUT2D eigenvalue weighted by Gasteiger charge is -2.09. The van der Waals surface area contributed by atoms with Crippen LogP contribution < -0.4 is 5.32 Å². The number of hydrogen-bond donors (Lipinski definition) is 1. The summed E-state index contributed by atoms with van der Waals surface area (Å²) in [6.45, 7) is 2.29. The number of nitrogens with one attached hydrogen (secondary N) is 1. The van der Waals surface area contributed by atoms with Gasteiger partial charge in [0.2, 0.25) is 0 Å². The van der Waals surface area contributed by atoms with Crippen molar-refractivity contribution in [3.05, 3.63) is 34.7 Å². The van der Waals surface area contributed by atoms with E-state index in [2.05, 4.69) is 0 Å². The van der Waals surface area contributed by atoms with Gasteiger partial charge >= 0.3 is 12.1 Å². The molecule has 2 rings (SSSR count). The van der Waals surface area contributed by atoms with Crippen LogP contribution in [0.1, 0.15) is 12.5 Å². The van der Waals surface area contributed by atoms with Gasteiger partial charge in [-0.05, 0) is 30.7 Å². The van der Waals surface area contributed by atoms with Gasteiger partial charge in [0.1, 0.15) is 4.32 Å². The number of thiocarbonyl (C=S) groups is 1. The first-order valence-electron chi connectivity index (χ1n) is 6.46. The highest BCUT2D eigenvalue weighted by Crippen LogP contribution is 2.32. The molecular formula is C14H11F3N2O2S2. The van der Waals surface area contributed by atoms with Gasteiger partial charge in [0.25, 0.3) is 5.91 Å². The molecule has 1 aliphatic heterocycles. The maximum absolute atomic E-state index is 12.2. The number of rotatable bonds is 3. The van der Waals surface area contributed by atoms with Gasteiger partial charge in [0.05, 0.1) is 4.91 Å². The summed E-state index contributed by atoms with van der Waals surface area (Å²) in [5.74, 6) is -2.23. The zero-order chi connectivity index (χ0) is 17.2. The molecule has 122 valence electrons. The van der Waals surface area contributed by atoms with Crippen molar-refractivity contribution in [3.63, 3.8) is 0 Å². The normalized spacial score (nSPS) is 17.0. The topological polar surface area (TPSA) is 49.4 Å². The third-order valence-electron chi connectivity index (χ3n) is 2.91. The van der Waals surface area contributed by atoms with Crippen LogP contribution in [0.15, 0.2) is 29.2 Å². The Morgan fingerprint density at radius 3 is 2.43 bits per heavy atom. The van der Waals surface area contributed by atoms with Gasteiger partial charge in [-0.25, -0.2) is 0 Å². The maximum Gasteiger partial charge on any atom is 0.471 e. The lowest BCUT2D eigenvalue weighted by molar-refractivity contribution is -0.167. The second-order valence-corrected chi connectivity index (χ2v) is 6.18. The van der Waals surface area contributed by atoms with Crippen molar-refractivity contribution in [2.75, 3.05) is 11.9 Å². The van der Waals surface area contributed by atoms with Crippen molar-refractivity contribution in [2.45, 2.75) is 13.1 Å². The van der Waals surface area contributed by atoms with Crippen LogP contribution in [0.2, 0.25) is 0 Å². The molecule has 1 aromatic carbocycles. The number of likely N-dealkylation sites (N-methyl/N-ethyl adjacent to an activating group) is 1. The van der Waals surface area contributed by atoms with Crippen molar-refractivity contribution in [2.24, 2.45) is 0 Å². The highest BCUT2D eigenvalue weighted by atomic mass is 32.2. The summed E-state index contributed by atoms with van der Waals surface area (Å²) in [6, 6.07) is 5.67. The fourth-order valence-electron chi connectivity index (χ4n) is 1.79. The second kappa shape index (κ2) is 6.71. The number of halogens is 3. The summed E-state index contributed by atoms with van der Waals surface area (Å²) in [7, 11) is 0. The summed E-state index contributed by atoms with van der Waals surface area (Å²) in [5, 5.41) is 1.75. The van der Waals surface area contributed by atoms with Gasteiger partial charge in [0.15, 0.2) is 0 Å². The highest BCUT2D eigenvalue weighted by Gasteiger charge is 2.38. The van der Waals surface area contributed by atoms with E-state index in [1.807, 2.05) is 6.92 Å². The summed E-state index contributed by atoms with van der Waals surface area (Å²) < 4.78 is 36.9. The monoisotopic (exact) mass is 360 g/mol. The Bertz CT molecular complexity index is 684. The molecule has 0 radical (unpaired) electrons. The molecule has 0 bridgehead atoms. The number of hydrogen-bond acceptors (Lipinski definition) is 4. The Balaban J connectivity index is 2.12. The highest BCUT2D eigenvalue weighted by molar-refractivity contribution is 8.26. The van der Waals surface area contributed by atoms with Crippen LogP contribution in [0.5, 0.6) is 0 Å². The standard InChI is InChI=1S/C14H11F3N2O2S2/c1-2-19-11(20)10(23-13(19)22)7-8-3-5-9(6-4-8)18-12(21)14(15,16)17/h3-7H,2H2,1H3,(H,18,21)/b10-7-. The Kier molecular flexibility index (Phi) is 5.10. The molecule has 9 heteroatoms. The van der Waals surface area contributed by atoms with E-state index in [4.69, 9.17) is 12.2 Å². The third-order valence-corrected chi connectivity index (χ3v) is 4.29. The number of anilines is 1. The van der Waals surface area contributed by atoms with Gasteiger partial charge in [-0.2, -0.15) is 13.2 Å². The number of alkyl halides is 3. The van der Waals surface area contributed by atoms with Crippen LogP contribution in [0.3, 0.4) is 0 Å². The van der Waals surface area contributed by atoms with E-state index in [1.165, 1.54) is 40.9 Å². The Labute approximate surface area is 139 Å². The second-order valence-electron chi connectivity index (χ2n) is 4.50. The van der Waals surface area contributed by atoms with Gasteiger partial charge in [0, 0.05) is 12.2 Å². The minimum atomic E-state index is -4.94. The van der Waals surface area contributed by atoms with E-state index in [0.717, 1.165) is 0 Å². The Hall–Kier alpha value is -1.87.